The number of aliphatic hydroxyl groups is 1. The monoisotopic (exact) mass is 749 g/mol. The Morgan fingerprint density at radius 1 is 0.814 bits per heavy atom. The molecule has 4 aromatic carbocycles. The summed E-state index contributed by atoms with van der Waals surface area (Å²) in [4.78, 5) is 16.2. The average molecular weight is 749 g/mol. The van der Waals surface area contributed by atoms with Crippen molar-refractivity contribution in [1.82, 2.24) is 4.98 Å². The van der Waals surface area contributed by atoms with Gasteiger partial charge in [-0.25, -0.2) is 0 Å². The first-order valence-electron chi connectivity index (χ1n) is 15.2. The third-order valence-electron chi connectivity index (χ3n) is 8.17. The maximum Gasteiger partial charge on any atom is 0.162 e. The zero-order chi connectivity index (χ0) is 30.1. The molecule has 225 valence electrons. The van der Waals surface area contributed by atoms with Crippen LogP contribution in [0.15, 0.2) is 103 Å². The van der Waals surface area contributed by atoms with Crippen LogP contribution in [-0.4, -0.2) is 15.9 Å². The Bertz CT molecular complexity index is 1660. The van der Waals surface area contributed by atoms with Crippen LogP contribution in [0.1, 0.15) is 58.9 Å². The van der Waals surface area contributed by atoms with E-state index in [9.17, 15) is 9.90 Å². The number of ketones is 1. The summed E-state index contributed by atoms with van der Waals surface area (Å²) in [6, 6.07) is 33.4. The predicted octanol–water partition coefficient (Wildman–Crippen LogP) is 10.7. The molecule has 1 radical (unpaired) electrons. The molecule has 5 aromatic rings. The van der Waals surface area contributed by atoms with Crippen LogP contribution in [0.25, 0.3) is 43.9 Å². The van der Waals surface area contributed by atoms with Crippen molar-refractivity contribution >= 4 is 27.3 Å². The number of rotatable bonds is 9. The van der Waals surface area contributed by atoms with Gasteiger partial charge < -0.3 is 10.1 Å². The molecule has 0 spiro atoms. The molecule has 0 aliphatic rings. The molecule has 4 heteroatoms. The first-order valence-corrected chi connectivity index (χ1v) is 15.2. The predicted molar refractivity (Wildman–Crippen MR) is 178 cm³/mol. The van der Waals surface area contributed by atoms with Crippen molar-refractivity contribution in [2.45, 2.75) is 60.3 Å². The van der Waals surface area contributed by atoms with Gasteiger partial charge in [-0.2, -0.15) is 0 Å². The van der Waals surface area contributed by atoms with Gasteiger partial charge in [0, 0.05) is 44.2 Å². The molecule has 0 aliphatic carbocycles. The van der Waals surface area contributed by atoms with Crippen molar-refractivity contribution in [1.29, 1.82) is 0 Å². The van der Waals surface area contributed by atoms with Gasteiger partial charge in [0.1, 0.15) is 0 Å². The molecule has 0 amide bonds. The van der Waals surface area contributed by atoms with Gasteiger partial charge in [0.25, 0.3) is 0 Å². The van der Waals surface area contributed by atoms with E-state index in [0.717, 1.165) is 36.9 Å². The Kier molecular flexibility index (Phi) is 12.9. The molecule has 3 nitrogen and oxygen atoms in total. The summed E-state index contributed by atoms with van der Waals surface area (Å²) in [5, 5.41) is 14.9. The van der Waals surface area contributed by atoms with Crippen molar-refractivity contribution < 1.29 is 30.0 Å². The number of hydrogen-bond donors (Lipinski definition) is 1. The Morgan fingerprint density at radius 3 is 2.05 bits per heavy atom. The quantitative estimate of drug-likeness (QED) is 0.0707. The van der Waals surface area contributed by atoms with Gasteiger partial charge in [0.15, 0.2) is 5.78 Å². The molecular weight excluding hydrogens is 707 g/mol. The van der Waals surface area contributed by atoms with E-state index in [0.29, 0.717) is 0 Å². The van der Waals surface area contributed by atoms with Gasteiger partial charge in [-0.3, -0.25) is 4.79 Å². The Balaban J connectivity index is 0.000000274. The largest absolute Gasteiger partial charge is 0.512 e. The normalized spacial score (nSPS) is 11.4. The molecular formula is C39H42IrNO2-. The molecule has 0 atom stereocenters. The number of benzene rings is 4. The van der Waals surface area contributed by atoms with Gasteiger partial charge in [-0.15, -0.1) is 29.8 Å². The number of hydrogen-bond acceptors (Lipinski definition) is 3. The van der Waals surface area contributed by atoms with E-state index in [1.54, 1.807) is 0 Å². The first kappa shape index (κ1) is 33.9. The number of aryl methyl sites for hydroxylation is 1. The summed E-state index contributed by atoms with van der Waals surface area (Å²) in [6.45, 7) is 10.2. The third kappa shape index (κ3) is 8.28. The average Bonchev–Trinajstić information content (AvgIpc) is 3.02. The molecule has 1 heterocycles. The molecule has 1 aromatic heterocycles. The number of carbonyl (C=O) groups excluding carboxylic acids is 1. The third-order valence-corrected chi connectivity index (χ3v) is 8.17. The van der Waals surface area contributed by atoms with Gasteiger partial charge in [-0.1, -0.05) is 105 Å². The summed E-state index contributed by atoms with van der Waals surface area (Å²) in [5.41, 5.74) is 5.60. The molecule has 5 rings (SSSR count). The van der Waals surface area contributed by atoms with Gasteiger partial charge >= 0.3 is 0 Å². The standard InChI is InChI=1S/C26H18N.C13H24O2.Ir/c1-18-14-15-27-26(16-18)20-12-10-19(11-13-20)25-17-21-6-2-3-7-22(21)23-8-4-5-9-24(23)25;1-5-10(6-2)12(14)9-13(15)11(7-3)8-4;/h2-12,14-17H,1H3;9-11,14H,5-8H2,1-4H3;/q-1;;/b;12-9-;. The fourth-order valence-corrected chi connectivity index (χ4v) is 5.51. The van der Waals surface area contributed by atoms with Crippen molar-refractivity contribution in [3.8, 4) is 22.4 Å². The van der Waals surface area contributed by atoms with Crippen LogP contribution in [0.2, 0.25) is 0 Å². The van der Waals surface area contributed by atoms with E-state index in [2.05, 4.69) is 96.8 Å². The number of fused-ring (bicyclic) bond motifs is 3. The minimum Gasteiger partial charge on any atom is -0.512 e. The summed E-state index contributed by atoms with van der Waals surface area (Å²) in [7, 11) is 0. The molecule has 43 heavy (non-hydrogen) atoms. The van der Waals surface area contributed by atoms with E-state index >= 15 is 0 Å². The van der Waals surface area contributed by atoms with Crippen molar-refractivity contribution in [2.75, 3.05) is 0 Å². The van der Waals surface area contributed by atoms with Crippen LogP contribution in [0.4, 0.5) is 0 Å². The molecule has 0 saturated carbocycles. The maximum absolute atomic E-state index is 11.7. The second-order valence-electron chi connectivity index (χ2n) is 10.9. The van der Waals surface area contributed by atoms with Crippen LogP contribution in [0.3, 0.4) is 0 Å². The minimum absolute atomic E-state index is 0. The van der Waals surface area contributed by atoms with Crippen molar-refractivity contribution in [3.05, 3.63) is 115 Å². The molecule has 0 aliphatic heterocycles. The number of carbonyl (C=O) groups is 1. The zero-order valence-corrected chi connectivity index (χ0v) is 28.3. The van der Waals surface area contributed by atoms with Crippen molar-refractivity contribution in [3.63, 3.8) is 0 Å². The molecule has 0 bridgehead atoms. The number of aliphatic hydroxyl groups excluding tert-OH is 1. The summed E-state index contributed by atoms with van der Waals surface area (Å²) in [5.74, 6) is 0.547. The second-order valence-corrected chi connectivity index (χ2v) is 10.9. The van der Waals surface area contributed by atoms with E-state index in [-0.39, 0.29) is 43.5 Å². The summed E-state index contributed by atoms with van der Waals surface area (Å²) < 4.78 is 0. The van der Waals surface area contributed by atoms with Crippen LogP contribution < -0.4 is 0 Å². The number of aromatic nitrogens is 1. The smallest absolute Gasteiger partial charge is 0.162 e. The van der Waals surface area contributed by atoms with Crippen LogP contribution in [0, 0.1) is 24.8 Å². The SMILES string of the molecule is CCC(CC)C(=O)/C=C(\O)C(CC)CC.Cc1ccnc(-c2[c-]cc(-c3cc4ccccc4c4ccccc34)cc2)c1.[Ir]. The maximum atomic E-state index is 11.7. The van der Waals surface area contributed by atoms with Gasteiger partial charge in [0.2, 0.25) is 0 Å². The fraction of sp³-hybridized carbons (Fsp3) is 0.282. The number of pyridine rings is 1. The van der Waals surface area contributed by atoms with Crippen LogP contribution in [0.5, 0.6) is 0 Å². The van der Waals surface area contributed by atoms with Crippen LogP contribution in [-0.2, 0) is 24.9 Å². The first-order chi connectivity index (χ1) is 20.4. The molecule has 0 fully saturated rings. The number of nitrogens with zero attached hydrogens (tertiary/aromatic N) is 1. The van der Waals surface area contributed by atoms with E-state index in [1.165, 1.54) is 44.3 Å². The van der Waals surface area contributed by atoms with Gasteiger partial charge in [-0.05, 0) is 65.9 Å². The van der Waals surface area contributed by atoms with E-state index < -0.39 is 0 Å². The van der Waals surface area contributed by atoms with Crippen LogP contribution >= 0.6 is 0 Å². The molecule has 0 unspecified atom stereocenters. The zero-order valence-electron chi connectivity index (χ0n) is 25.9. The molecule has 0 saturated heterocycles. The second kappa shape index (κ2) is 16.3. The Hall–Kier alpha value is -3.59. The Labute approximate surface area is 270 Å². The van der Waals surface area contributed by atoms with E-state index in [4.69, 9.17) is 0 Å². The van der Waals surface area contributed by atoms with Crippen molar-refractivity contribution in [2.24, 2.45) is 11.8 Å². The molecule has 1 N–H and O–H groups in total. The van der Waals surface area contributed by atoms with E-state index in [1.807, 2.05) is 40.0 Å². The number of allylic oxidation sites excluding steroid dienone is 2. The minimum atomic E-state index is 0. The summed E-state index contributed by atoms with van der Waals surface area (Å²) >= 11 is 0. The fourth-order valence-electron chi connectivity index (χ4n) is 5.51. The summed E-state index contributed by atoms with van der Waals surface area (Å²) in [6.07, 6.45) is 6.76. The topological polar surface area (TPSA) is 50.2 Å². The van der Waals surface area contributed by atoms with Gasteiger partial charge in [0.05, 0.1) is 5.76 Å². The Morgan fingerprint density at radius 2 is 1.44 bits per heavy atom.